The summed E-state index contributed by atoms with van der Waals surface area (Å²) in [6.45, 7) is 1.80. The van der Waals surface area contributed by atoms with Gasteiger partial charge in [0.25, 0.3) is 0 Å². The van der Waals surface area contributed by atoms with Crippen molar-refractivity contribution in [3.8, 4) is 0 Å². The second-order valence-corrected chi connectivity index (χ2v) is 7.26. The van der Waals surface area contributed by atoms with Gasteiger partial charge < -0.3 is 5.32 Å². The van der Waals surface area contributed by atoms with Crippen LogP contribution < -0.4 is 5.32 Å². The summed E-state index contributed by atoms with van der Waals surface area (Å²) in [6.07, 6.45) is 2.70. The lowest BCUT2D eigenvalue weighted by molar-refractivity contribution is 0.341. The highest BCUT2D eigenvalue weighted by atomic mass is 32.2. The van der Waals surface area contributed by atoms with Crippen LogP contribution in [0, 0.1) is 5.82 Å². The average molecular weight is 300 g/mol. The predicted octanol–water partition coefficient (Wildman–Crippen LogP) is 1.73. The van der Waals surface area contributed by atoms with Gasteiger partial charge in [0.1, 0.15) is 5.82 Å². The molecule has 1 N–H and O–H groups in total. The van der Waals surface area contributed by atoms with Crippen molar-refractivity contribution < 1.29 is 12.8 Å². The van der Waals surface area contributed by atoms with E-state index >= 15 is 0 Å². The minimum absolute atomic E-state index is 0.0513. The molecule has 1 heterocycles. The molecule has 1 aliphatic rings. The smallest absolute Gasteiger partial charge is 0.218 e. The summed E-state index contributed by atoms with van der Waals surface area (Å²) in [6, 6.07) is 5.68. The van der Waals surface area contributed by atoms with E-state index in [2.05, 4.69) is 5.32 Å². The minimum Gasteiger partial charge on any atom is -0.317 e. The number of nitrogens with one attached hydrogen (secondary N) is 1. The number of hydrogen-bond acceptors (Lipinski definition) is 3. The van der Waals surface area contributed by atoms with Gasteiger partial charge in [-0.3, -0.25) is 0 Å². The lowest BCUT2D eigenvalue weighted by Crippen LogP contribution is -2.38. The van der Waals surface area contributed by atoms with Crippen LogP contribution >= 0.6 is 0 Å². The maximum atomic E-state index is 12.8. The monoisotopic (exact) mass is 300 g/mol. The standard InChI is InChI=1S/C14H21FN2O2S/c1-17(14-3-2-9-16-10-8-14)20(18,19)11-12-4-6-13(15)7-5-12/h4-7,14,16H,2-3,8-11H2,1H3. The summed E-state index contributed by atoms with van der Waals surface area (Å²) in [5.41, 5.74) is 0.616. The molecule has 20 heavy (non-hydrogen) atoms. The molecule has 0 radical (unpaired) electrons. The normalized spacial score (nSPS) is 20.9. The molecule has 6 heteroatoms. The highest BCUT2D eigenvalue weighted by Gasteiger charge is 2.26. The van der Waals surface area contributed by atoms with E-state index in [1.807, 2.05) is 0 Å². The third kappa shape index (κ3) is 4.01. The molecule has 0 amide bonds. The first kappa shape index (κ1) is 15.4. The van der Waals surface area contributed by atoms with E-state index in [-0.39, 0.29) is 17.6 Å². The van der Waals surface area contributed by atoms with Gasteiger partial charge in [-0.1, -0.05) is 12.1 Å². The fraction of sp³-hybridized carbons (Fsp3) is 0.571. The second kappa shape index (κ2) is 6.65. The van der Waals surface area contributed by atoms with Crippen molar-refractivity contribution in [1.82, 2.24) is 9.62 Å². The van der Waals surface area contributed by atoms with Crippen LogP contribution in [0.15, 0.2) is 24.3 Å². The van der Waals surface area contributed by atoms with Crippen LogP contribution in [0.4, 0.5) is 4.39 Å². The van der Waals surface area contributed by atoms with Gasteiger partial charge in [0.2, 0.25) is 10.0 Å². The zero-order valence-electron chi connectivity index (χ0n) is 11.7. The van der Waals surface area contributed by atoms with Crippen LogP contribution in [-0.4, -0.2) is 38.9 Å². The number of nitrogens with zero attached hydrogens (tertiary/aromatic N) is 1. The van der Waals surface area contributed by atoms with Crippen LogP contribution in [-0.2, 0) is 15.8 Å². The lowest BCUT2D eigenvalue weighted by Gasteiger charge is -2.26. The Bertz CT molecular complexity index is 523. The summed E-state index contributed by atoms with van der Waals surface area (Å²) in [5.74, 6) is -0.428. The number of hydrogen-bond donors (Lipinski definition) is 1. The van der Waals surface area contributed by atoms with E-state index in [1.54, 1.807) is 7.05 Å². The van der Waals surface area contributed by atoms with E-state index in [0.29, 0.717) is 5.56 Å². The van der Waals surface area contributed by atoms with Crippen LogP contribution in [0.3, 0.4) is 0 Å². The van der Waals surface area contributed by atoms with Crippen LogP contribution in [0.25, 0.3) is 0 Å². The summed E-state index contributed by atoms with van der Waals surface area (Å²) in [5, 5.41) is 3.28. The van der Waals surface area contributed by atoms with Crippen molar-refractivity contribution in [3.63, 3.8) is 0 Å². The number of sulfonamides is 1. The third-order valence-corrected chi connectivity index (χ3v) is 5.63. The molecule has 0 aromatic heterocycles. The molecule has 0 spiro atoms. The molecule has 0 aliphatic carbocycles. The Kier molecular flexibility index (Phi) is 5.12. The zero-order chi connectivity index (χ0) is 14.6. The van der Waals surface area contributed by atoms with Crippen molar-refractivity contribution in [1.29, 1.82) is 0 Å². The van der Waals surface area contributed by atoms with E-state index in [0.717, 1.165) is 32.4 Å². The Labute approximate surface area is 120 Å². The first-order chi connectivity index (χ1) is 9.49. The SMILES string of the molecule is CN(C1CCCNCC1)S(=O)(=O)Cc1ccc(F)cc1. The molecular weight excluding hydrogens is 279 g/mol. The van der Waals surface area contributed by atoms with Gasteiger partial charge >= 0.3 is 0 Å². The van der Waals surface area contributed by atoms with Gasteiger partial charge in [-0.05, 0) is 50.0 Å². The molecule has 1 saturated heterocycles. The number of rotatable bonds is 4. The molecule has 1 aromatic rings. The van der Waals surface area contributed by atoms with E-state index in [4.69, 9.17) is 0 Å². The highest BCUT2D eigenvalue weighted by Crippen LogP contribution is 2.18. The van der Waals surface area contributed by atoms with Crippen molar-refractivity contribution >= 4 is 10.0 Å². The Morgan fingerprint density at radius 3 is 2.65 bits per heavy atom. The molecule has 2 rings (SSSR count). The van der Waals surface area contributed by atoms with Gasteiger partial charge in [0.05, 0.1) is 5.75 Å². The van der Waals surface area contributed by atoms with E-state index in [1.165, 1.54) is 28.6 Å². The first-order valence-corrected chi connectivity index (χ1v) is 8.51. The predicted molar refractivity (Wildman–Crippen MR) is 77.3 cm³/mol. The van der Waals surface area contributed by atoms with Crippen LogP contribution in [0.1, 0.15) is 24.8 Å². The summed E-state index contributed by atoms with van der Waals surface area (Å²) >= 11 is 0. The Morgan fingerprint density at radius 1 is 1.25 bits per heavy atom. The van der Waals surface area contributed by atoms with Crippen molar-refractivity contribution in [2.75, 3.05) is 20.1 Å². The molecule has 1 fully saturated rings. The van der Waals surface area contributed by atoms with Gasteiger partial charge in [-0.2, -0.15) is 0 Å². The molecule has 1 unspecified atom stereocenters. The zero-order valence-corrected chi connectivity index (χ0v) is 12.5. The first-order valence-electron chi connectivity index (χ1n) is 6.90. The maximum Gasteiger partial charge on any atom is 0.218 e. The van der Waals surface area contributed by atoms with Crippen LogP contribution in [0.5, 0.6) is 0 Å². The summed E-state index contributed by atoms with van der Waals surface area (Å²) < 4.78 is 39.2. The molecule has 1 aromatic carbocycles. The Morgan fingerprint density at radius 2 is 1.95 bits per heavy atom. The number of halogens is 1. The molecule has 0 saturated carbocycles. The molecule has 0 bridgehead atoms. The number of benzene rings is 1. The van der Waals surface area contributed by atoms with Gasteiger partial charge in [-0.15, -0.1) is 0 Å². The second-order valence-electron chi connectivity index (χ2n) is 5.23. The average Bonchev–Trinajstić information content (AvgIpc) is 2.69. The summed E-state index contributed by atoms with van der Waals surface area (Å²) in [4.78, 5) is 0. The quantitative estimate of drug-likeness (QED) is 0.921. The van der Waals surface area contributed by atoms with Crippen molar-refractivity contribution in [2.24, 2.45) is 0 Å². The fourth-order valence-electron chi connectivity index (χ4n) is 2.48. The lowest BCUT2D eigenvalue weighted by atomic mass is 10.1. The minimum atomic E-state index is -3.36. The topological polar surface area (TPSA) is 49.4 Å². The summed E-state index contributed by atoms with van der Waals surface area (Å²) in [7, 11) is -1.71. The van der Waals surface area contributed by atoms with E-state index < -0.39 is 10.0 Å². The molecule has 112 valence electrons. The van der Waals surface area contributed by atoms with Crippen molar-refractivity contribution in [3.05, 3.63) is 35.6 Å². The van der Waals surface area contributed by atoms with E-state index in [9.17, 15) is 12.8 Å². The third-order valence-electron chi connectivity index (χ3n) is 3.76. The molecular formula is C14H21FN2O2S. The highest BCUT2D eigenvalue weighted by molar-refractivity contribution is 7.88. The van der Waals surface area contributed by atoms with Gasteiger partial charge in [0.15, 0.2) is 0 Å². The molecule has 1 aliphatic heterocycles. The van der Waals surface area contributed by atoms with Gasteiger partial charge in [-0.25, -0.2) is 17.1 Å². The Balaban J connectivity index is 2.06. The largest absolute Gasteiger partial charge is 0.317 e. The molecule has 4 nitrogen and oxygen atoms in total. The van der Waals surface area contributed by atoms with Gasteiger partial charge in [0, 0.05) is 13.1 Å². The fourth-order valence-corrected chi connectivity index (χ4v) is 3.97. The van der Waals surface area contributed by atoms with Crippen molar-refractivity contribution in [2.45, 2.75) is 31.1 Å². The molecule has 1 atom stereocenters. The Hall–Kier alpha value is -0.980. The van der Waals surface area contributed by atoms with Crippen LogP contribution in [0.2, 0.25) is 0 Å². The maximum absolute atomic E-state index is 12.8.